The van der Waals surface area contributed by atoms with E-state index in [9.17, 15) is 22.8 Å². The minimum atomic E-state index is -4.22. The summed E-state index contributed by atoms with van der Waals surface area (Å²) in [6.07, 6.45) is 5.11. The summed E-state index contributed by atoms with van der Waals surface area (Å²) in [5.74, 6) is -0.709. The summed E-state index contributed by atoms with van der Waals surface area (Å²) in [4.78, 5) is 24.2. The molecule has 0 N–H and O–H groups in total. The van der Waals surface area contributed by atoms with Crippen molar-refractivity contribution in [3.05, 3.63) is 23.3 Å². The summed E-state index contributed by atoms with van der Waals surface area (Å²) in [7, 11) is 0. The molecular formula is C24H29F3O3S. The van der Waals surface area contributed by atoms with Crippen LogP contribution in [0, 0.1) is 22.7 Å². The van der Waals surface area contributed by atoms with Gasteiger partial charge in [0.15, 0.2) is 5.78 Å². The summed E-state index contributed by atoms with van der Waals surface area (Å²) >= 11 is 0.999. The normalized spacial score (nSPS) is 44.4. The Kier molecular flexibility index (Phi) is 4.79. The van der Waals surface area contributed by atoms with Gasteiger partial charge in [-0.15, -0.1) is 11.8 Å². The van der Waals surface area contributed by atoms with E-state index in [2.05, 4.69) is 19.9 Å². The van der Waals surface area contributed by atoms with Gasteiger partial charge < -0.3 is 4.74 Å². The van der Waals surface area contributed by atoms with E-state index < -0.39 is 17.5 Å². The van der Waals surface area contributed by atoms with Crippen LogP contribution in [-0.2, 0) is 14.3 Å². The Bertz CT molecular complexity index is 893. The van der Waals surface area contributed by atoms with E-state index in [1.54, 1.807) is 6.08 Å². The number of thioether (sulfide) groups is 1. The fourth-order valence-electron chi connectivity index (χ4n) is 7.45. The van der Waals surface area contributed by atoms with Crippen molar-refractivity contribution in [3.63, 3.8) is 0 Å². The molecule has 31 heavy (non-hydrogen) atoms. The van der Waals surface area contributed by atoms with Crippen molar-refractivity contribution in [2.24, 2.45) is 22.7 Å². The average Bonchev–Trinajstić information content (AvgIpc) is 3.21. The van der Waals surface area contributed by atoms with Gasteiger partial charge in [0.05, 0.1) is 5.75 Å². The lowest BCUT2D eigenvalue weighted by atomic mass is 9.50. The van der Waals surface area contributed by atoms with Gasteiger partial charge in [-0.3, -0.25) is 9.59 Å². The van der Waals surface area contributed by atoms with Crippen LogP contribution in [0.5, 0.6) is 0 Å². The summed E-state index contributed by atoms with van der Waals surface area (Å²) in [5.41, 5.74) is 1.29. The van der Waals surface area contributed by atoms with Gasteiger partial charge in [-0.05, 0) is 56.4 Å². The summed E-state index contributed by atoms with van der Waals surface area (Å²) in [6.45, 7) is 4.37. The molecule has 3 nitrogen and oxygen atoms in total. The second-order valence-electron chi connectivity index (χ2n) is 10.6. The second-order valence-corrected chi connectivity index (χ2v) is 11.8. The lowest BCUT2D eigenvalue weighted by molar-refractivity contribution is -0.160. The number of esters is 1. The molecule has 170 valence electrons. The van der Waals surface area contributed by atoms with E-state index in [1.165, 1.54) is 5.57 Å². The summed E-state index contributed by atoms with van der Waals surface area (Å²) in [5, 5.41) is -0.213. The van der Waals surface area contributed by atoms with Crippen molar-refractivity contribution in [1.29, 1.82) is 0 Å². The zero-order chi connectivity index (χ0) is 22.2. The molecule has 1 saturated heterocycles. The molecule has 0 aromatic rings. The number of alkyl halides is 3. The molecule has 6 atom stereocenters. The molecule has 5 aliphatic rings. The van der Waals surface area contributed by atoms with Crippen LogP contribution in [0.4, 0.5) is 13.2 Å². The SMILES string of the molecule is CC12CCC(=O)C=C1C[C@@H](SCC(F)(F)F)C1C2=CCC2(C)C1CC[C@@]21CCC(=O)O1. The Balaban J connectivity index is 1.57. The monoisotopic (exact) mass is 454 g/mol. The summed E-state index contributed by atoms with van der Waals surface area (Å²) in [6, 6.07) is 0. The maximum Gasteiger partial charge on any atom is 0.397 e. The molecule has 3 fully saturated rings. The van der Waals surface area contributed by atoms with Gasteiger partial charge in [-0.25, -0.2) is 0 Å². The highest BCUT2D eigenvalue weighted by molar-refractivity contribution is 8.00. The third kappa shape index (κ3) is 3.16. The van der Waals surface area contributed by atoms with Crippen LogP contribution >= 0.6 is 11.8 Å². The van der Waals surface area contributed by atoms with Gasteiger partial charge in [0, 0.05) is 28.9 Å². The predicted octanol–water partition coefficient (Wildman–Crippen LogP) is 5.79. The molecule has 0 aromatic carbocycles. The number of ether oxygens (including phenoxy) is 1. The molecule has 0 bridgehead atoms. The van der Waals surface area contributed by atoms with E-state index in [4.69, 9.17) is 4.74 Å². The number of carbonyl (C=O) groups is 2. The lowest BCUT2D eigenvalue weighted by Gasteiger charge is -2.57. The van der Waals surface area contributed by atoms with Gasteiger partial charge in [0.1, 0.15) is 5.60 Å². The first-order valence-electron chi connectivity index (χ1n) is 11.3. The topological polar surface area (TPSA) is 43.4 Å². The quantitative estimate of drug-likeness (QED) is 0.391. The summed E-state index contributed by atoms with van der Waals surface area (Å²) < 4.78 is 45.5. The third-order valence-electron chi connectivity index (χ3n) is 9.13. The molecule has 5 rings (SSSR count). The maximum absolute atomic E-state index is 13.2. The van der Waals surface area contributed by atoms with Crippen molar-refractivity contribution in [2.75, 3.05) is 5.75 Å². The van der Waals surface area contributed by atoms with E-state index in [1.807, 2.05) is 0 Å². The minimum Gasteiger partial charge on any atom is -0.458 e. The smallest absolute Gasteiger partial charge is 0.397 e. The Morgan fingerprint density at radius 3 is 2.61 bits per heavy atom. The first-order chi connectivity index (χ1) is 14.5. The van der Waals surface area contributed by atoms with Crippen LogP contribution in [-0.4, -0.2) is 34.5 Å². The largest absolute Gasteiger partial charge is 0.458 e. The van der Waals surface area contributed by atoms with Crippen LogP contribution in [0.3, 0.4) is 0 Å². The van der Waals surface area contributed by atoms with Crippen molar-refractivity contribution in [3.8, 4) is 0 Å². The molecule has 0 amide bonds. The number of fused-ring (bicyclic) bond motifs is 6. The van der Waals surface area contributed by atoms with E-state index >= 15 is 0 Å². The Hall–Kier alpha value is -1.24. The first kappa shape index (κ1) is 21.6. The molecule has 1 aliphatic heterocycles. The van der Waals surface area contributed by atoms with Crippen LogP contribution in [0.25, 0.3) is 0 Å². The standard InChI is InChI=1S/C24H29F3O3S/c1-21-7-3-15(28)11-14(21)12-18(31-13-24(25,26)27)20-16(21)4-8-22(2)17(20)5-9-23(22)10-6-19(29)30-23/h4,11,17-18,20H,3,5-10,12-13H2,1-2H3/t17?,18-,20?,21?,22?,23-/m1/s1. The van der Waals surface area contributed by atoms with Gasteiger partial charge in [-0.1, -0.05) is 31.1 Å². The highest BCUT2D eigenvalue weighted by Gasteiger charge is 2.66. The van der Waals surface area contributed by atoms with Crippen LogP contribution in [0.1, 0.15) is 65.2 Å². The fourth-order valence-corrected chi connectivity index (χ4v) is 8.70. The zero-order valence-corrected chi connectivity index (χ0v) is 18.8. The maximum atomic E-state index is 13.2. The molecule has 0 radical (unpaired) electrons. The molecular weight excluding hydrogens is 425 g/mol. The number of rotatable bonds is 2. The molecule has 4 aliphatic carbocycles. The molecule has 4 unspecified atom stereocenters. The Labute approximate surface area is 185 Å². The van der Waals surface area contributed by atoms with E-state index in [0.29, 0.717) is 25.7 Å². The number of carbonyl (C=O) groups excluding carboxylic acids is 2. The second kappa shape index (κ2) is 6.88. The van der Waals surface area contributed by atoms with Crippen LogP contribution in [0.15, 0.2) is 23.3 Å². The number of halogens is 3. The lowest BCUT2D eigenvalue weighted by Crippen LogP contribution is -2.53. The van der Waals surface area contributed by atoms with Gasteiger partial charge >= 0.3 is 12.1 Å². The molecule has 2 saturated carbocycles. The highest BCUT2D eigenvalue weighted by atomic mass is 32.2. The van der Waals surface area contributed by atoms with Crippen molar-refractivity contribution in [2.45, 2.75) is 82.2 Å². The molecule has 1 heterocycles. The van der Waals surface area contributed by atoms with Gasteiger partial charge in [0.25, 0.3) is 0 Å². The Morgan fingerprint density at radius 2 is 1.94 bits per heavy atom. The number of ketones is 1. The highest BCUT2D eigenvalue weighted by Crippen LogP contribution is 2.69. The fraction of sp³-hybridized carbons (Fsp3) is 0.750. The number of hydrogen-bond acceptors (Lipinski definition) is 4. The zero-order valence-electron chi connectivity index (χ0n) is 18.0. The number of allylic oxidation sites excluding steroid dienone is 4. The molecule has 7 heteroatoms. The van der Waals surface area contributed by atoms with Crippen molar-refractivity contribution < 1.29 is 27.5 Å². The van der Waals surface area contributed by atoms with Crippen LogP contribution in [0.2, 0.25) is 0 Å². The van der Waals surface area contributed by atoms with E-state index in [-0.39, 0.29) is 39.7 Å². The van der Waals surface area contributed by atoms with Crippen LogP contribution < -0.4 is 0 Å². The first-order valence-corrected chi connectivity index (χ1v) is 12.4. The van der Waals surface area contributed by atoms with Gasteiger partial charge in [0.2, 0.25) is 0 Å². The average molecular weight is 455 g/mol. The third-order valence-corrected chi connectivity index (χ3v) is 10.5. The molecule has 0 aromatic heterocycles. The molecule has 1 spiro atoms. The van der Waals surface area contributed by atoms with Crippen molar-refractivity contribution >= 4 is 23.5 Å². The van der Waals surface area contributed by atoms with Gasteiger partial charge in [-0.2, -0.15) is 13.2 Å². The predicted molar refractivity (Wildman–Crippen MR) is 112 cm³/mol. The Morgan fingerprint density at radius 1 is 1.16 bits per heavy atom. The minimum absolute atomic E-state index is 0.0279. The number of hydrogen-bond donors (Lipinski definition) is 0. The van der Waals surface area contributed by atoms with E-state index in [0.717, 1.165) is 43.0 Å². The van der Waals surface area contributed by atoms with Crippen molar-refractivity contribution in [1.82, 2.24) is 0 Å².